The highest BCUT2D eigenvalue weighted by molar-refractivity contribution is 6.13. The van der Waals surface area contributed by atoms with Gasteiger partial charge in [-0.3, -0.25) is 14.4 Å². The van der Waals surface area contributed by atoms with Gasteiger partial charge in [0.1, 0.15) is 5.41 Å². The molecule has 0 bridgehead atoms. The van der Waals surface area contributed by atoms with Crippen LogP contribution in [0, 0.1) is 5.41 Å². The Balaban J connectivity index is 1.91. The lowest BCUT2D eigenvalue weighted by atomic mass is 10.0. The maximum absolute atomic E-state index is 12.4. The number of carbonyl (C=O) groups excluding carboxylic acids is 3. The number of hydrogen-bond acceptors (Lipinski definition) is 4. The van der Waals surface area contributed by atoms with E-state index in [0.29, 0.717) is 30.8 Å². The Morgan fingerprint density at radius 1 is 1.00 bits per heavy atom. The molecule has 0 unspecified atom stereocenters. The molecule has 1 aliphatic carbocycles. The first-order valence-electron chi connectivity index (χ1n) is 7.96. The molecule has 1 aliphatic rings. The summed E-state index contributed by atoms with van der Waals surface area (Å²) < 4.78 is 0. The molecule has 1 saturated carbocycles. The minimum absolute atomic E-state index is 0.155. The number of nitrogens with zero attached hydrogens (tertiary/aromatic N) is 1. The number of benzene rings is 1. The van der Waals surface area contributed by atoms with E-state index in [1.54, 1.807) is 24.3 Å². The molecular formula is C17H24N4O3. The summed E-state index contributed by atoms with van der Waals surface area (Å²) in [6, 6.07) is 6.80. The predicted octanol–water partition coefficient (Wildman–Crippen LogP) is 1.04. The molecule has 0 atom stereocenters. The van der Waals surface area contributed by atoms with E-state index in [4.69, 9.17) is 0 Å². The van der Waals surface area contributed by atoms with Crippen molar-refractivity contribution in [3.63, 3.8) is 0 Å². The number of carbonyl (C=O) groups is 3. The van der Waals surface area contributed by atoms with Crippen LogP contribution in [0.2, 0.25) is 0 Å². The zero-order valence-electron chi connectivity index (χ0n) is 14.3. The summed E-state index contributed by atoms with van der Waals surface area (Å²) in [5.74, 6) is -0.646. The van der Waals surface area contributed by atoms with Crippen molar-refractivity contribution in [1.29, 1.82) is 0 Å². The maximum Gasteiger partial charge on any atom is 0.240 e. The van der Waals surface area contributed by atoms with Crippen LogP contribution in [0.25, 0.3) is 0 Å². The highest BCUT2D eigenvalue weighted by Crippen LogP contribution is 2.46. The van der Waals surface area contributed by atoms with E-state index in [1.807, 2.05) is 19.0 Å². The highest BCUT2D eigenvalue weighted by atomic mass is 16.2. The van der Waals surface area contributed by atoms with Crippen LogP contribution in [-0.4, -0.2) is 49.8 Å². The molecule has 3 N–H and O–H groups in total. The minimum Gasteiger partial charge on any atom is -0.354 e. The van der Waals surface area contributed by atoms with Crippen LogP contribution in [-0.2, 0) is 14.4 Å². The lowest BCUT2D eigenvalue weighted by molar-refractivity contribution is -0.134. The molecule has 0 aliphatic heterocycles. The molecule has 24 heavy (non-hydrogen) atoms. The predicted molar refractivity (Wildman–Crippen MR) is 92.6 cm³/mol. The zero-order chi connectivity index (χ0) is 17.7. The zero-order valence-corrected chi connectivity index (χ0v) is 14.3. The monoisotopic (exact) mass is 332 g/mol. The summed E-state index contributed by atoms with van der Waals surface area (Å²) in [4.78, 5) is 37.7. The van der Waals surface area contributed by atoms with Crippen molar-refractivity contribution in [3.8, 4) is 0 Å². The van der Waals surface area contributed by atoms with Crippen molar-refractivity contribution in [2.24, 2.45) is 5.41 Å². The Bertz CT molecular complexity index is 621. The largest absolute Gasteiger partial charge is 0.354 e. The molecule has 1 aromatic carbocycles. The van der Waals surface area contributed by atoms with Gasteiger partial charge in [-0.15, -0.1) is 0 Å². The molecule has 1 aromatic rings. The van der Waals surface area contributed by atoms with Crippen LogP contribution in [0.1, 0.15) is 19.8 Å². The summed E-state index contributed by atoms with van der Waals surface area (Å²) in [5, 5.41) is 8.27. The van der Waals surface area contributed by atoms with Gasteiger partial charge in [0.2, 0.25) is 17.7 Å². The highest BCUT2D eigenvalue weighted by Gasteiger charge is 2.56. The Labute approximate surface area is 141 Å². The number of rotatable bonds is 7. The minimum atomic E-state index is -0.942. The Kier molecular flexibility index (Phi) is 5.56. The van der Waals surface area contributed by atoms with Crippen molar-refractivity contribution in [3.05, 3.63) is 24.3 Å². The summed E-state index contributed by atoms with van der Waals surface area (Å²) >= 11 is 0. The third-order valence-electron chi connectivity index (χ3n) is 3.93. The Morgan fingerprint density at radius 2 is 1.54 bits per heavy atom. The normalized spacial score (nSPS) is 14.8. The molecule has 0 spiro atoms. The van der Waals surface area contributed by atoms with Crippen LogP contribution in [0.15, 0.2) is 24.3 Å². The topological polar surface area (TPSA) is 90.5 Å². The molecule has 7 heteroatoms. The second kappa shape index (κ2) is 7.44. The van der Waals surface area contributed by atoms with Gasteiger partial charge in [0.25, 0.3) is 0 Å². The molecular weight excluding hydrogens is 308 g/mol. The van der Waals surface area contributed by atoms with Crippen LogP contribution in [0.5, 0.6) is 0 Å². The van der Waals surface area contributed by atoms with Crippen molar-refractivity contribution in [2.45, 2.75) is 19.8 Å². The van der Waals surface area contributed by atoms with E-state index < -0.39 is 5.41 Å². The Hall–Kier alpha value is -2.41. The van der Waals surface area contributed by atoms with E-state index in [9.17, 15) is 14.4 Å². The van der Waals surface area contributed by atoms with E-state index in [1.165, 1.54) is 6.92 Å². The second-order valence-corrected chi connectivity index (χ2v) is 6.35. The molecule has 0 heterocycles. The average Bonchev–Trinajstić information content (AvgIpc) is 3.30. The van der Waals surface area contributed by atoms with Crippen LogP contribution in [0.4, 0.5) is 11.4 Å². The lowest BCUT2D eigenvalue weighted by Crippen LogP contribution is -2.42. The quantitative estimate of drug-likeness (QED) is 0.651. The second-order valence-electron chi connectivity index (χ2n) is 6.35. The van der Waals surface area contributed by atoms with Gasteiger partial charge in [0.05, 0.1) is 0 Å². The van der Waals surface area contributed by atoms with Crippen molar-refractivity contribution in [1.82, 2.24) is 10.2 Å². The first-order valence-corrected chi connectivity index (χ1v) is 7.96. The fraction of sp³-hybridized carbons (Fsp3) is 0.471. The fourth-order valence-corrected chi connectivity index (χ4v) is 2.34. The first-order chi connectivity index (χ1) is 11.3. The number of likely N-dealkylation sites (N-methyl/N-ethyl adjacent to an activating group) is 1. The molecule has 0 aromatic heterocycles. The standard InChI is InChI=1S/C17H24N4O3/c1-12(22)19-13-4-6-14(7-5-13)20-16(24)17(8-9-17)15(23)18-10-11-21(2)3/h4-7H,8-11H2,1-3H3,(H,18,23)(H,19,22)(H,20,24). The number of amides is 3. The smallest absolute Gasteiger partial charge is 0.240 e. The average molecular weight is 332 g/mol. The van der Waals surface area contributed by atoms with Crippen molar-refractivity contribution >= 4 is 29.1 Å². The third kappa shape index (κ3) is 4.55. The third-order valence-corrected chi connectivity index (χ3v) is 3.93. The van der Waals surface area contributed by atoms with Gasteiger partial charge < -0.3 is 20.9 Å². The summed E-state index contributed by atoms with van der Waals surface area (Å²) in [5.41, 5.74) is 0.312. The van der Waals surface area contributed by atoms with Gasteiger partial charge in [-0.25, -0.2) is 0 Å². The SMILES string of the molecule is CC(=O)Nc1ccc(NC(=O)C2(C(=O)NCCN(C)C)CC2)cc1. The number of anilines is 2. The Morgan fingerprint density at radius 3 is 2.00 bits per heavy atom. The van der Waals surface area contributed by atoms with Gasteiger partial charge in [-0.1, -0.05) is 0 Å². The van der Waals surface area contributed by atoms with Gasteiger partial charge in [0, 0.05) is 31.4 Å². The van der Waals surface area contributed by atoms with Crippen LogP contribution in [0.3, 0.4) is 0 Å². The van der Waals surface area contributed by atoms with Gasteiger partial charge in [0.15, 0.2) is 0 Å². The molecule has 3 amide bonds. The van der Waals surface area contributed by atoms with E-state index >= 15 is 0 Å². The van der Waals surface area contributed by atoms with Gasteiger partial charge >= 0.3 is 0 Å². The van der Waals surface area contributed by atoms with Crippen molar-refractivity contribution in [2.75, 3.05) is 37.8 Å². The fourth-order valence-electron chi connectivity index (χ4n) is 2.34. The molecule has 0 radical (unpaired) electrons. The summed E-state index contributed by atoms with van der Waals surface area (Å²) in [6.45, 7) is 2.68. The van der Waals surface area contributed by atoms with Crippen LogP contribution >= 0.6 is 0 Å². The maximum atomic E-state index is 12.4. The van der Waals surface area contributed by atoms with Gasteiger partial charge in [-0.2, -0.15) is 0 Å². The van der Waals surface area contributed by atoms with Crippen LogP contribution < -0.4 is 16.0 Å². The van der Waals surface area contributed by atoms with E-state index in [-0.39, 0.29) is 17.7 Å². The number of hydrogen-bond donors (Lipinski definition) is 3. The molecule has 7 nitrogen and oxygen atoms in total. The van der Waals surface area contributed by atoms with Crippen molar-refractivity contribution < 1.29 is 14.4 Å². The first kappa shape index (κ1) is 17.9. The van der Waals surface area contributed by atoms with E-state index in [2.05, 4.69) is 16.0 Å². The number of nitrogens with one attached hydrogen (secondary N) is 3. The molecule has 0 saturated heterocycles. The summed E-state index contributed by atoms with van der Waals surface area (Å²) in [6.07, 6.45) is 1.13. The van der Waals surface area contributed by atoms with E-state index in [0.717, 1.165) is 6.54 Å². The summed E-state index contributed by atoms with van der Waals surface area (Å²) in [7, 11) is 3.85. The van der Waals surface area contributed by atoms with Gasteiger partial charge in [-0.05, 0) is 51.2 Å². The molecule has 130 valence electrons. The molecule has 2 rings (SSSR count). The molecule has 1 fully saturated rings. The lowest BCUT2D eigenvalue weighted by Gasteiger charge is -2.17.